The van der Waals surface area contributed by atoms with Gasteiger partial charge in [-0.15, -0.1) is 0 Å². The second-order valence-corrected chi connectivity index (χ2v) is 4.90. The van der Waals surface area contributed by atoms with E-state index in [-0.39, 0.29) is 6.04 Å². The number of amides is 1. The van der Waals surface area contributed by atoms with Crippen LogP contribution in [0, 0.1) is 0 Å². The number of rotatable bonds is 7. The quantitative estimate of drug-likeness (QED) is 0.837. The highest BCUT2D eigenvalue weighted by Gasteiger charge is 2.28. The fourth-order valence-corrected chi connectivity index (χ4v) is 1.78. The van der Waals surface area contributed by atoms with Crippen LogP contribution in [-0.4, -0.2) is 50.8 Å². The molecule has 0 aromatic heterocycles. The zero-order valence-corrected chi connectivity index (χ0v) is 12.0. The first-order chi connectivity index (χ1) is 9.78. The minimum Gasteiger partial charge on any atom is -0.362 e. The summed E-state index contributed by atoms with van der Waals surface area (Å²) in [5.74, 6) is -0.574. The normalized spacial score (nSPS) is 13.2. The van der Waals surface area contributed by atoms with E-state index in [0.29, 0.717) is 6.54 Å². The van der Waals surface area contributed by atoms with Crippen molar-refractivity contribution in [2.24, 2.45) is 0 Å². The van der Waals surface area contributed by atoms with Crippen molar-refractivity contribution in [1.82, 2.24) is 10.2 Å². The zero-order chi connectivity index (χ0) is 15.9. The number of nitrogens with zero attached hydrogens (tertiary/aromatic N) is 1. The van der Waals surface area contributed by atoms with Gasteiger partial charge in [-0.25, -0.2) is 0 Å². The molecular formula is C14H19F3N2O2. The number of ether oxygens (including phenoxy) is 1. The average Bonchev–Trinajstić information content (AvgIpc) is 2.37. The Morgan fingerprint density at radius 2 is 1.90 bits per heavy atom. The Morgan fingerprint density at radius 3 is 2.43 bits per heavy atom. The highest BCUT2D eigenvalue weighted by atomic mass is 19.4. The maximum Gasteiger partial charge on any atom is 0.411 e. The Bertz CT molecular complexity index is 436. The van der Waals surface area contributed by atoms with Crippen molar-refractivity contribution in [1.29, 1.82) is 0 Å². The number of hydrogen-bond donors (Lipinski definition) is 1. The Hall–Kier alpha value is -1.60. The zero-order valence-electron chi connectivity index (χ0n) is 12.0. The van der Waals surface area contributed by atoms with Crippen molar-refractivity contribution in [3.63, 3.8) is 0 Å². The molecule has 0 aliphatic carbocycles. The monoisotopic (exact) mass is 304 g/mol. The fourth-order valence-electron chi connectivity index (χ4n) is 1.78. The van der Waals surface area contributed by atoms with E-state index in [0.717, 1.165) is 5.56 Å². The molecule has 0 saturated carbocycles. The number of halogens is 3. The summed E-state index contributed by atoms with van der Waals surface area (Å²) in [6, 6.07) is 8.93. The van der Waals surface area contributed by atoms with Gasteiger partial charge in [0.25, 0.3) is 0 Å². The Balaban J connectivity index is 2.55. The van der Waals surface area contributed by atoms with Crippen LogP contribution in [0.25, 0.3) is 0 Å². The van der Waals surface area contributed by atoms with Gasteiger partial charge in [-0.05, 0) is 19.7 Å². The van der Waals surface area contributed by atoms with E-state index in [4.69, 9.17) is 0 Å². The molecular weight excluding hydrogens is 285 g/mol. The van der Waals surface area contributed by atoms with Crippen molar-refractivity contribution in [2.75, 3.05) is 33.9 Å². The summed E-state index contributed by atoms with van der Waals surface area (Å²) in [6.07, 6.45) is -4.43. The lowest BCUT2D eigenvalue weighted by molar-refractivity contribution is -0.175. The second kappa shape index (κ2) is 7.99. The number of nitrogens with one attached hydrogen (secondary N) is 1. The number of likely N-dealkylation sites (N-methyl/N-ethyl adjacent to an activating group) is 1. The van der Waals surface area contributed by atoms with Crippen LogP contribution in [0.3, 0.4) is 0 Å². The average molecular weight is 304 g/mol. The van der Waals surface area contributed by atoms with Gasteiger partial charge in [0.1, 0.15) is 13.2 Å². The van der Waals surface area contributed by atoms with E-state index in [1.165, 1.54) is 0 Å². The SMILES string of the molecule is CN(C)CC(NC(=O)COCC(F)(F)F)c1ccccc1. The van der Waals surface area contributed by atoms with E-state index < -0.39 is 25.3 Å². The molecule has 0 radical (unpaired) electrons. The summed E-state index contributed by atoms with van der Waals surface area (Å²) in [6.45, 7) is -1.50. The number of carbonyl (C=O) groups is 1. The lowest BCUT2D eigenvalue weighted by Gasteiger charge is -2.23. The van der Waals surface area contributed by atoms with Crippen molar-refractivity contribution >= 4 is 5.91 Å². The first-order valence-electron chi connectivity index (χ1n) is 6.41. The molecule has 0 spiro atoms. The highest BCUT2D eigenvalue weighted by molar-refractivity contribution is 5.77. The van der Waals surface area contributed by atoms with Crippen LogP contribution < -0.4 is 5.32 Å². The second-order valence-electron chi connectivity index (χ2n) is 4.90. The smallest absolute Gasteiger partial charge is 0.362 e. The van der Waals surface area contributed by atoms with E-state index in [2.05, 4.69) is 10.1 Å². The molecule has 0 fully saturated rings. The molecule has 1 aromatic carbocycles. The number of carbonyl (C=O) groups excluding carboxylic acids is 1. The predicted molar refractivity (Wildman–Crippen MR) is 72.8 cm³/mol. The van der Waals surface area contributed by atoms with Gasteiger partial charge in [-0.2, -0.15) is 13.2 Å². The molecule has 21 heavy (non-hydrogen) atoms. The maximum atomic E-state index is 11.9. The largest absolute Gasteiger partial charge is 0.411 e. The van der Waals surface area contributed by atoms with Crippen LogP contribution in [0.15, 0.2) is 30.3 Å². The highest BCUT2D eigenvalue weighted by Crippen LogP contribution is 2.15. The molecule has 7 heteroatoms. The van der Waals surface area contributed by atoms with Crippen molar-refractivity contribution < 1.29 is 22.7 Å². The van der Waals surface area contributed by atoms with Gasteiger partial charge in [0.05, 0.1) is 6.04 Å². The number of hydrogen-bond acceptors (Lipinski definition) is 3. The molecule has 1 N–H and O–H groups in total. The van der Waals surface area contributed by atoms with E-state index in [1.54, 1.807) is 0 Å². The molecule has 1 atom stereocenters. The van der Waals surface area contributed by atoms with Gasteiger partial charge < -0.3 is 15.0 Å². The molecule has 1 amide bonds. The van der Waals surface area contributed by atoms with Crippen LogP contribution in [0.4, 0.5) is 13.2 Å². The molecule has 0 saturated heterocycles. The van der Waals surface area contributed by atoms with Gasteiger partial charge in [0, 0.05) is 6.54 Å². The molecule has 1 aromatic rings. The Kier molecular flexibility index (Phi) is 6.64. The summed E-state index contributed by atoms with van der Waals surface area (Å²) >= 11 is 0. The van der Waals surface area contributed by atoms with Crippen LogP contribution in [-0.2, 0) is 9.53 Å². The number of alkyl halides is 3. The van der Waals surface area contributed by atoms with E-state index >= 15 is 0 Å². The van der Waals surface area contributed by atoms with Gasteiger partial charge >= 0.3 is 6.18 Å². The molecule has 0 bridgehead atoms. The van der Waals surface area contributed by atoms with Crippen LogP contribution in [0.2, 0.25) is 0 Å². The van der Waals surface area contributed by atoms with Crippen molar-refractivity contribution in [3.05, 3.63) is 35.9 Å². The Morgan fingerprint density at radius 1 is 1.29 bits per heavy atom. The van der Waals surface area contributed by atoms with Crippen molar-refractivity contribution in [3.8, 4) is 0 Å². The minimum atomic E-state index is -4.43. The lowest BCUT2D eigenvalue weighted by atomic mass is 10.1. The molecule has 0 aliphatic rings. The van der Waals surface area contributed by atoms with E-state index in [1.807, 2.05) is 49.3 Å². The first kappa shape index (κ1) is 17.5. The summed E-state index contributed by atoms with van der Waals surface area (Å²) in [4.78, 5) is 13.6. The Labute approximate surface area is 121 Å². The van der Waals surface area contributed by atoms with Crippen molar-refractivity contribution in [2.45, 2.75) is 12.2 Å². The molecule has 0 heterocycles. The topological polar surface area (TPSA) is 41.6 Å². The third-order valence-corrected chi connectivity index (χ3v) is 2.58. The third-order valence-electron chi connectivity index (χ3n) is 2.58. The summed E-state index contributed by atoms with van der Waals surface area (Å²) in [5.41, 5.74) is 0.885. The molecule has 1 rings (SSSR count). The third kappa shape index (κ3) is 7.67. The standard InChI is InChI=1S/C14H19F3N2O2/c1-19(2)8-12(11-6-4-3-5-7-11)18-13(20)9-21-10-14(15,16)17/h3-7,12H,8-10H2,1-2H3,(H,18,20). The molecule has 4 nitrogen and oxygen atoms in total. The fraction of sp³-hybridized carbons (Fsp3) is 0.500. The summed E-state index contributed by atoms with van der Waals surface area (Å²) < 4.78 is 40.2. The van der Waals surface area contributed by atoms with Gasteiger partial charge in [0.15, 0.2) is 0 Å². The predicted octanol–water partition coefficient (Wildman–Crippen LogP) is 1.98. The van der Waals surface area contributed by atoms with Gasteiger partial charge in [-0.1, -0.05) is 30.3 Å². The van der Waals surface area contributed by atoms with Gasteiger partial charge in [0.2, 0.25) is 5.91 Å². The summed E-state index contributed by atoms with van der Waals surface area (Å²) in [7, 11) is 3.70. The number of benzene rings is 1. The minimum absolute atomic E-state index is 0.303. The van der Waals surface area contributed by atoms with Gasteiger partial charge in [-0.3, -0.25) is 4.79 Å². The van der Waals surface area contributed by atoms with Crippen LogP contribution in [0.1, 0.15) is 11.6 Å². The summed E-state index contributed by atoms with van der Waals surface area (Å²) in [5, 5.41) is 2.68. The van der Waals surface area contributed by atoms with E-state index in [9.17, 15) is 18.0 Å². The lowest BCUT2D eigenvalue weighted by Crippen LogP contribution is -2.37. The van der Waals surface area contributed by atoms with Crippen LogP contribution in [0.5, 0.6) is 0 Å². The molecule has 118 valence electrons. The maximum absolute atomic E-state index is 11.9. The first-order valence-corrected chi connectivity index (χ1v) is 6.41. The van der Waals surface area contributed by atoms with Crippen LogP contribution >= 0.6 is 0 Å². The molecule has 0 aliphatic heterocycles. The molecule has 1 unspecified atom stereocenters.